The van der Waals surface area contributed by atoms with Crippen LogP contribution in [0, 0.1) is 12.8 Å². The van der Waals surface area contributed by atoms with Crippen LogP contribution < -0.4 is 11.1 Å². The predicted molar refractivity (Wildman–Crippen MR) is 67.6 cm³/mol. The molecule has 4 nitrogen and oxygen atoms in total. The Morgan fingerprint density at radius 2 is 2.19 bits per heavy atom. The van der Waals surface area contributed by atoms with Crippen LogP contribution in [0.2, 0.25) is 0 Å². The summed E-state index contributed by atoms with van der Waals surface area (Å²) in [7, 11) is 0. The summed E-state index contributed by atoms with van der Waals surface area (Å²) in [6.45, 7) is 9.64. The second-order valence-corrected chi connectivity index (χ2v) is 4.56. The Bertz CT molecular complexity index is 314. The van der Waals surface area contributed by atoms with E-state index >= 15 is 0 Å². The van der Waals surface area contributed by atoms with Crippen molar-refractivity contribution < 1.29 is 4.52 Å². The number of nitrogens with one attached hydrogen (secondary N) is 1. The van der Waals surface area contributed by atoms with Crippen LogP contribution in [0.25, 0.3) is 0 Å². The molecule has 1 aromatic heterocycles. The standard InChI is InChI=1S/C11H21N3O.ClH/c1-8(2)11(4,7-12)13-6-10-5-9(3)14-15-10;/h5,8,13H,6-7,12H2,1-4H3;1H. The molecule has 1 rings (SSSR count). The first-order chi connectivity index (χ1) is 6.98. The molecular weight excluding hydrogens is 226 g/mol. The van der Waals surface area contributed by atoms with Gasteiger partial charge < -0.3 is 15.6 Å². The van der Waals surface area contributed by atoms with E-state index in [2.05, 4.69) is 31.2 Å². The molecule has 1 aromatic rings. The highest BCUT2D eigenvalue weighted by Gasteiger charge is 2.26. The Morgan fingerprint density at radius 1 is 1.56 bits per heavy atom. The third-order valence-corrected chi connectivity index (χ3v) is 3.04. The Labute approximate surface area is 103 Å². The number of hydrogen-bond acceptors (Lipinski definition) is 4. The second-order valence-electron chi connectivity index (χ2n) is 4.56. The van der Waals surface area contributed by atoms with E-state index in [1.165, 1.54) is 0 Å². The highest BCUT2D eigenvalue weighted by molar-refractivity contribution is 5.85. The van der Waals surface area contributed by atoms with E-state index in [1.54, 1.807) is 0 Å². The maximum atomic E-state index is 5.77. The lowest BCUT2D eigenvalue weighted by atomic mass is 9.88. The minimum absolute atomic E-state index is 0. The first-order valence-corrected chi connectivity index (χ1v) is 5.35. The molecule has 16 heavy (non-hydrogen) atoms. The third kappa shape index (κ3) is 3.77. The summed E-state index contributed by atoms with van der Waals surface area (Å²) in [4.78, 5) is 0. The van der Waals surface area contributed by atoms with Crippen molar-refractivity contribution in [3.8, 4) is 0 Å². The van der Waals surface area contributed by atoms with Gasteiger partial charge in [0.1, 0.15) is 0 Å². The molecule has 0 radical (unpaired) electrons. The van der Waals surface area contributed by atoms with E-state index in [0.717, 1.165) is 11.5 Å². The lowest BCUT2D eigenvalue weighted by molar-refractivity contribution is 0.251. The zero-order valence-corrected chi connectivity index (χ0v) is 11.2. The van der Waals surface area contributed by atoms with Crippen LogP contribution in [0.1, 0.15) is 32.2 Å². The molecule has 0 bridgehead atoms. The van der Waals surface area contributed by atoms with Gasteiger partial charge in [0, 0.05) is 18.2 Å². The number of aromatic nitrogens is 1. The molecule has 0 aliphatic carbocycles. The van der Waals surface area contributed by atoms with Crippen molar-refractivity contribution in [2.24, 2.45) is 11.7 Å². The van der Waals surface area contributed by atoms with Crippen LogP contribution >= 0.6 is 12.4 Å². The van der Waals surface area contributed by atoms with Crippen LogP contribution in [-0.4, -0.2) is 17.2 Å². The molecule has 0 fully saturated rings. The second kappa shape index (κ2) is 6.23. The first-order valence-electron chi connectivity index (χ1n) is 5.35. The molecule has 0 aliphatic rings. The van der Waals surface area contributed by atoms with Gasteiger partial charge in [0.15, 0.2) is 5.76 Å². The van der Waals surface area contributed by atoms with Gasteiger partial charge in [0.2, 0.25) is 0 Å². The maximum absolute atomic E-state index is 5.77. The summed E-state index contributed by atoms with van der Waals surface area (Å²) in [5.41, 5.74) is 6.62. The van der Waals surface area contributed by atoms with Crippen LogP contribution in [0.4, 0.5) is 0 Å². The highest BCUT2D eigenvalue weighted by atomic mass is 35.5. The summed E-state index contributed by atoms with van der Waals surface area (Å²) >= 11 is 0. The van der Waals surface area contributed by atoms with Gasteiger partial charge in [-0.05, 0) is 19.8 Å². The summed E-state index contributed by atoms with van der Waals surface area (Å²) in [6.07, 6.45) is 0. The lowest BCUT2D eigenvalue weighted by Gasteiger charge is -2.33. The smallest absolute Gasteiger partial charge is 0.150 e. The third-order valence-electron chi connectivity index (χ3n) is 3.04. The van der Waals surface area contributed by atoms with Crippen molar-refractivity contribution in [3.63, 3.8) is 0 Å². The number of nitrogens with zero attached hydrogens (tertiary/aromatic N) is 1. The van der Waals surface area contributed by atoms with Crippen molar-refractivity contribution >= 4 is 12.4 Å². The Balaban J connectivity index is 0.00000225. The summed E-state index contributed by atoms with van der Waals surface area (Å²) < 4.78 is 5.13. The predicted octanol–water partition coefficient (Wildman–Crippen LogP) is 1.87. The van der Waals surface area contributed by atoms with Gasteiger partial charge in [-0.2, -0.15) is 0 Å². The largest absolute Gasteiger partial charge is 0.360 e. The number of nitrogens with two attached hydrogens (primary N) is 1. The van der Waals surface area contributed by atoms with Crippen molar-refractivity contribution in [3.05, 3.63) is 17.5 Å². The SMILES string of the molecule is Cc1cc(CNC(C)(CN)C(C)C)on1.Cl. The fourth-order valence-corrected chi connectivity index (χ4v) is 1.30. The van der Waals surface area contributed by atoms with E-state index in [-0.39, 0.29) is 17.9 Å². The quantitative estimate of drug-likeness (QED) is 0.834. The average Bonchev–Trinajstić information content (AvgIpc) is 2.60. The van der Waals surface area contributed by atoms with E-state index in [4.69, 9.17) is 10.3 Å². The molecule has 0 aliphatic heterocycles. The molecule has 0 aromatic carbocycles. The summed E-state index contributed by atoms with van der Waals surface area (Å²) in [6, 6.07) is 1.93. The van der Waals surface area contributed by atoms with Crippen LogP contribution in [0.5, 0.6) is 0 Å². The average molecular weight is 248 g/mol. The maximum Gasteiger partial charge on any atom is 0.150 e. The fraction of sp³-hybridized carbons (Fsp3) is 0.727. The van der Waals surface area contributed by atoms with E-state index < -0.39 is 0 Å². The Hall–Kier alpha value is -0.580. The minimum atomic E-state index is -0.0549. The van der Waals surface area contributed by atoms with E-state index in [1.807, 2.05) is 13.0 Å². The Morgan fingerprint density at radius 3 is 2.56 bits per heavy atom. The molecule has 0 amide bonds. The van der Waals surface area contributed by atoms with Crippen LogP contribution in [-0.2, 0) is 6.54 Å². The lowest BCUT2D eigenvalue weighted by Crippen LogP contribution is -2.52. The van der Waals surface area contributed by atoms with Gasteiger partial charge in [-0.3, -0.25) is 0 Å². The molecular formula is C11H22ClN3O. The zero-order chi connectivity index (χ0) is 11.5. The minimum Gasteiger partial charge on any atom is -0.360 e. The van der Waals surface area contributed by atoms with Crippen LogP contribution in [0.15, 0.2) is 10.6 Å². The van der Waals surface area contributed by atoms with Gasteiger partial charge in [-0.15, -0.1) is 12.4 Å². The van der Waals surface area contributed by atoms with Gasteiger partial charge in [-0.1, -0.05) is 19.0 Å². The van der Waals surface area contributed by atoms with Gasteiger partial charge in [0.05, 0.1) is 12.2 Å². The van der Waals surface area contributed by atoms with Crippen molar-refractivity contribution in [2.75, 3.05) is 6.54 Å². The molecule has 0 spiro atoms. The normalized spacial score (nSPS) is 14.6. The molecule has 0 saturated heterocycles. The van der Waals surface area contributed by atoms with Crippen molar-refractivity contribution in [1.29, 1.82) is 0 Å². The molecule has 3 N–H and O–H groups in total. The topological polar surface area (TPSA) is 64.1 Å². The number of halogens is 1. The fourth-order valence-electron chi connectivity index (χ4n) is 1.30. The number of rotatable bonds is 5. The van der Waals surface area contributed by atoms with Crippen molar-refractivity contribution in [1.82, 2.24) is 10.5 Å². The first kappa shape index (κ1) is 15.4. The molecule has 1 atom stereocenters. The van der Waals surface area contributed by atoms with Gasteiger partial charge in [0.25, 0.3) is 0 Å². The monoisotopic (exact) mass is 247 g/mol. The van der Waals surface area contributed by atoms with Crippen LogP contribution in [0.3, 0.4) is 0 Å². The van der Waals surface area contributed by atoms with Crippen molar-refractivity contribution in [2.45, 2.75) is 39.8 Å². The van der Waals surface area contributed by atoms with Gasteiger partial charge in [-0.25, -0.2) is 0 Å². The molecule has 1 heterocycles. The number of hydrogen-bond donors (Lipinski definition) is 2. The molecule has 5 heteroatoms. The van der Waals surface area contributed by atoms with E-state index in [9.17, 15) is 0 Å². The summed E-state index contributed by atoms with van der Waals surface area (Å²) in [5, 5.41) is 7.26. The van der Waals surface area contributed by atoms with E-state index in [0.29, 0.717) is 19.0 Å². The highest BCUT2D eigenvalue weighted by Crippen LogP contribution is 2.15. The molecule has 0 saturated carbocycles. The Kier molecular flexibility index (Phi) is 6.00. The zero-order valence-electron chi connectivity index (χ0n) is 10.4. The summed E-state index contributed by atoms with van der Waals surface area (Å²) in [5.74, 6) is 1.33. The number of aryl methyl sites for hydroxylation is 1. The molecule has 94 valence electrons. The van der Waals surface area contributed by atoms with Gasteiger partial charge >= 0.3 is 0 Å². The molecule has 1 unspecified atom stereocenters.